The second-order valence-electron chi connectivity index (χ2n) is 4.31. The number of halogens is 1. The van der Waals surface area contributed by atoms with E-state index in [4.69, 9.17) is 4.42 Å². The Morgan fingerprint density at radius 1 is 1.55 bits per heavy atom. The maximum Gasteiger partial charge on any atom is 0.341 e. The lowest BCUT2D eigenvalue weighted by Crippen LogP contribution is -2.38. The molecule has 0 aliphatic carbocycles. The highest BCUT2D eigenvalue weighted by molar-refractivity contribution is 7.89. The Balaban J connectivity index is 0.00000200. The number of furan rings is 1. The topological polar surface area (TPSA) is 88.8 Å². The standard InChI is InChI=1S/C11H16N2O5S.ClH/c1-13(9-3-4-12-6-9)19(15,16)10-5-8(7-18-10)11(14)17-2;/h5,7,9,12H,3-4,6H2,1-2H3;1H. The number of esters is 1. The van der Waals surface area contributed by atoms with E-state index in [9.17, 15) is 13.2 Å². The molecule has 1 N–H and O–H groups in total. The first-order chi connectivity index (χ1) is 8.96. The first kappa shape index (κ1) is 17.0. The Kier molecular flexibility index (Phi) is 5.58. The van der Waals surface area contributed by atoms with E-state index in [1.54, 1.807) is 0 Å². The summed E-state index contributed by atoms with van der Waals surface area (Å²) in [6.45, 7) is 1.40. The molecule has 2 heterocycles. The summed E-state index contributed by atoms with van der Waals surface area (Å²) in [5.41, 5.74) is 0.0824. The predicted molar refractivity (Wildman–Crippen MR) is 73.5 cm³/mol. The summed E-state index contributed by atoms with van der Waals surface area (Å²) in [6, 6.07) is 1.08. The number of likely N-dealkylation sites (N-methyl/N-ethyl adjacent to an activating group) is 1. The number of carbonyl (C=O) groups excluding carboxylic acids is 1. The van der Waals surface area contributed by atoms with Gasteiger partial charge in [-0.25, -0.2) is 13.2 Å². The molecule has 2 rings (SSSR count). The zero-order chi connectivity index (χ0) is 14.0. The SMILES string of the molecule is COC(=O)c1coc(S(=O)(=O)N(C)C2CCNC2)c1.Cl. The Morgan fingerprint density at radius 3 is 2.80 bits per heavy atom. The summed E-state index contributed by atoms with van der Waals surface area (Å²) in [5.74, 6) is -0.629. The molecule has 20 heavy (non-hydrogen) atoms. The largest absolute Gasteiger partial charge is 0.465 e. The fraction of sp³-hybridized carbons (Fsp3) is 0.545. The Morgan fingerprint density at radius 2 is 2.25 bits per heavy atom. The quantitative estimate of drug-likeness (QED) is 0.810. The summed E-state index contributed by atoms with van der Waals surface area (Å²) >= 11 is 0. The van der Waals surface area contributed by atoms with Crippen LogP contribution in [0.15, 0.2) is 21.8 Å². The second kappa shape index (κ2) is 6.57. The van der Waals surface area contributed by atoms with Crippen LogP contribution in [0.4, 0.5) is 0 Å². The second-order valence-corrected chi connectivity index (χ2v) is 6.24. The smallest absolute Gasteiger partial charge is 0.341 e. The number of hydrogen-bond donors (Lipinski definition) is 1. The molecular formula is C11H17ClN2O5S. The highest BCUT2D eigenvalue weighted by Crippen LogP contribution is 2.21. The highest BCUT2D eigenvalue weighted by atomic mass is 35.5. The third-order valence-electron chi connectivity index (χ3n) is 3.18. The molecule has 0 aromatic carbocycles. The van der Waals surface area contributed by atoms with Crippen LogP contribution in [0.25, 0.3) is 0 Å². The van der Waals surface area contributed by atoms with Crippen LogP contribution in [0.1, 0.15) is 16.8 Å². The third kappa shape index (κ3) is 3.14. The van der Waals surface area contributed by atoms with E-state index in [1.807, 2.05) is 0 Å². The van der Waals surface area contributed by atoms with Gasteiger partial charge in [0.1, 0.15) is 6.26 Å². The highest BCUT2D eigenvalue weighted by Gasteiger charge is 2.32. The zero-order valence-electron chi connectivity index (χ0n) is 11.2. The van der Waals surface area contributed by atoms with Crippen molar-refractivity contribution in [3.8, 4) is 0 Å². The van der Waals surface area contributed by atoms with Crippen molar-refractivity contribution in [1.82, 2.24) is 9.62 Å². The monoisotopic (exact) mass is 324 g/mol. The van der Waals surface area contributed by atoms with E-state index in [0.717, 1.165) is 19.2 Å². The van der Waals surface area contributed by atoms with E-state index < -0.39 is 16.0 Å². The Hall–Kier alpha value is -1.09. The molecule has 1 fully saturated rings. The van der Waals surface area contributed by atoms with Gasteiger partial charge in [0.25, 0.3) is 10.0 Å². The molecule has 1 saturated heterocycles. The van der Waals surface area contributed by atoms with Crippen LogP contribution in [0.3, 0.4) is 0 Å². The molecule has 1 aliphatic rings. The van der Waals surface area contributed by atoms with Gasteiger partial charge in [-0.3, -0.25) is 0 Å². The predicted octanol–water partition coefficient (Wildman–Crippen LogP) is 0.470. The van der Waals surface area contributed by atoms with E-state index in [0.29, 0.717) is 6.54 Å². The number of rotatable bonds is 4. The molecule has 1 aromatic rings. The number of hydrogen-bond acceptors (Lipinski definition) is 6. The molecule has 0 spiro atoms. The van der Waals surface area contributed by atoms with Gasteiger partial charge in [0.05, 0.1) is 12.7 Å². The molecule has 0 amide bonds. The molecule has 1 unspecified atom stereocenters. The average molecular weight is 325 g/mol. The van der Waals surface area contributed by atoms with Crippen LogP contribution in [-0.4, -0.2) is 52.0 Å². The minimum atomic E-state index is -3.72. The van der Waals surface area contributed by atoms with Crippen molar-refractivity contribution in [2.24, 2.45) is 0 Å². The number of nitrogens with one attached hydrogen (secondary N) is 1. The summed E-state index contributed by atoms with van der Waals surface area (Å²) in [5, 5.41) is 2.85. The Labute approximate surface area is 123 Å². The summed E-state index contributed by atoms with van der Waals surface area (Å²) in [7, 11) is -0.995. The van der Waals surface area contributed by atoms with Gasteiger partial charge < -0.3 is 14.5 Å². The van der Waals surface area contributed by atoms with Crippen molar-refractivity contribution in [3.63, 3.8) is 0 Å². The van der Waals surface area contributed by atoms with Gasteiger partial charge in [-0.15, -0.1) is 12.4 Å². The van der Waals surface area contributed by atoms with Crippen LogP contribution >= 0.6 is 12.4 Å². The van der Waals surface area contributed by atoms with Gasteiger partial charge in [-0.05, 0) is 13.0 Å². The van der Waals surface area contributed by atoms with Gasteiger partial charge in [0, 0.05) is 25.7 Å². The minimum Gasteiger partial charge on any atom is -0.465 e. The lowest BCUT2D eigenvalue weighted by Gasteiger charge is -2.21. The number of sulfonamides is 1. The molecule has 1 aromatic heterocycles. The van der Waals surface area contributed by atoms with Gasteiger partial charge in [-0.2, -0.15) is 4.31 Å². The molecule has 1 aliphatic heterocycles. The van der Waals surface area contributed by atoms with Crippen LogP contribution in [0.5, 0.6) is 0 Å². The van der Waals surface area contributed by atoms with Crippen molar-refractivity contribution < 1.29 is 22.4 Å². The number of ether oxygens (including phenoxy) is 1. The Bertz CT molecular complexity index is 565. The lowest BCUT2D eigenvalue weighted by molar-refractivity contribution is 0.0600. The third-order valence-corrected chi connectivity index (χ3v) is 4.96. The van der Waals surface area contributed by atoms with Crippen LogP contribution in [-0.2, 0) is 14.8 Å². The number of carbonyl (C=O) groups is 1. The van der Waals surface area contributed by atoms with Crippen molar-refractivity contribution in [2.75, 3.05) is 27.2 Å². The van der Waals surface area contributed by atoms with Gasteiger partial charge >= 0.3 is 5.97 Å². The zero-order valence-corrected chi connectivity index (χ0v) is 12.8. The molecule has 114 valence electrons. The van der Waals surface area contributed by atoms with Crippen LogP contribution in [0.2, 0.25) is 0 Å². The summed E-state index contributed by atoms with van der Waals surface area (Å²) < 4.78 is 35.3. The number of nitrogens with zero attached hydrogens (tertiary/aromatic N) is 1. The van der Waals surface area contributed by atoms with E-state index in [1.165, 1.54) is 24.5 Å². The van der Waals surface area contributed by atoms with Crippen molar-refractivity contribution >= 4 is 28.4 Å². The normalized spacial score (nSPS) is 18.9. The van der Waals surface area contributed by atoms with Crippen molar-refractivity contribution in [1.29, 1.82) is 0 Å². The minimum absolute atomic E-state index is 0. The maximum absolute atomic E-state index is 12.3. The molecule has 0 saturated carbocycles. The van der Waals surface area contributed by atoms with Gasteiger partial charge in [-0.1, -0.05) is 0 Å². The van der Waals surface area contributed by atoms with Crippen molar-refractivity contribution in [3.05, 3.63) is 17.9 Å². The molecule has 9 heteroatoms. The molecular weight excluding hydrogens is 308 g/mol. The van der Waals surface area contributed by atoms with Crippen LogP contribution < -0.4 is 5.32 Å². The van der Waals surface area contributed by atoms with Gasteiger partial charge in [0.15, 0.2) is 0 Å². The fourth-order valence-corrected chi connectivity index (χ4v) is 3.27. The van der Waals surface area contributed by atoms with Crippen molar-refractivity contribution in [2.45, 2.75) is 17.6 Å². The average Bonchev–Trinajstić information content (AvgIpc) is 3.07. The lowest BCUT2D eigenvalue weighted by atomic mass is 10.3. The first-order valence-electron chi connectivity index (χ1n) is 5.82. The number of methoxy groups -OCH3 is 1. The maximum atomic E-state index is 12.3. The summed E-state index contributed by atoms with van der Waals surface area (Å²) in [4.78, 5) is 11.3. The molecule has 0 radical (unpaired) electrons. The van der Waals surface area contributed by atoms with E-state index >= 15 is 0 Å². The molecule has 1 atom stereocenters. The fourth-order valence-electron chi connectivity index (χ4n) is 1.96. The first-order valence-corrected chi connectivity index (χ1v) is 7.26. The van der Waals surface area contributed by atoms with Crippen LogP contribution in [0, 0.1) is 0 Å². The molecule has 0 bridgehead atoms. The summed E-state index contributed by atoms with van der Waals surface area (Å²) in [6.07, 6.45) is 1.83. The van der Waals surface area contributed by atoms with Gasteiger partial charge in [0.2, 0.25) is 5.09 Å². The van der Waals surface area contributed by atoms with E-state index in [-0.39, 0.29) is 29.1 Å². The van der Waals surface area contributed by atoms with E-state index in [2.05, 4.69) is 10.1 Å². The molecule has 7 nitrogen and oxygen atoms in total.